The van der Waals surface area contributed by atoms with Crippen molar-refractivity contribution in [2.24, 2.45) is 11.8 Å². The molecular formula is C13H25N3O. The Morgan fingerprint density at radius 3 is 2.65 bits per heavy atom. The van der Waals surface area contributed by atoms with Crippen molar-refractivity contribution in [3.8, 4) is 0 Å². The number of piperazine rings is 1. The molecule has 0 aromatic heterocycles. The van der Waals surface area contributed by atoms with Crippen LogP contribution in [0, 0.1) is 11.8 Å². The Hall–Kier alpha value is -0.610. The Balaban J connectivity index is 1.91. The first kappa shape index (κ1) is 12.8. The lowest BCUT2D eigenvalue weighted by molar-refractivity contribution is -0.139. The van der Waals surface area contributed by atoms with Crippen molar-refractivity contribution in [2.75, 3.05) is 39.8 Å². The number of hydrogen-bond acceptors (Lipinski definition) is 3. The van der Waals surface area contributed by atoms with Gasteiger partial charge in [-0.25, -0.2) is 0 Å². The molecule has 0 aromatic rings. The molecule has 1 amide bonds. The molecule has 3 atom stereocenters. The van der Waals surface area contributed by atoms with Crippen LogP contribution in [0.15, 0.2) is 0 Å². The summed E-state index contributed by atoms with van der Waals surface area (Å²) in [7, 11) is 2.14. The molecule has 2 heterocycles. The van der Waals surface area contributed by atoms with Crippen LogP contribution in [0.2, 0.25) is 0 Å². The zero-order valence-corrected chi connectivity index (χ0v) is 11.3. The predicted molar refractivity (Wildman–Crippen MR) is 68.8 cm³/mol. The van der Waals surface area contributed by atoms with Gasteiger partial charge in [0.2, 0.25) is 5.91 Å². The van der Waals surface area contributed by atoms with E-state index in [1.165, 1.54) is 0 Å². The highest BCUT2D eigenvalue weighted by Crippen LogP contribution is 2.19. The van der Waals surface area contributed by atoms with E-state index in [1.807, 2.05) is 0 Å². The highest BCUT2D eigenvalue weighted by atomic mass is 16.2. The standard InChI is InChI=1S/C13H25N3O/c1-10-6-12(8-14-7-10)13(17)16-5-4-15(3)11(2)9-16/h10-12,14H,4-9H2,1-3H3. The van der Waals surface area contributed by atoms with Gasteiger partial charge in [-0.2, -0.15) is 0 Å². The number of hydrogen-bond donors (Lipinski definition) is 1. The number of nitrogens with zero attached hydrogens (tertiary/aromatic N) is 2. The zero-order chi connectivity index (χ0) is 12.4. The van der Waals surface area contributed by atoms with Gasteiger partial charge in [0.1, 0.15) is 0 Å². The normalized spacial score (nSPS) is 35.9. The van der Waals surface area contributed by atoms with Crippen molar-refractivity contribution < 1.29 is 4.79 Å². The van der Waals surface area contributed by atoms with E-state index in [1.54, 1.807) is 0 Å². The number of rotatable bonds is 1. The molecule has 0 aromatic carbocycles. The summed E-state index contributed by atoms with van der Waals surface area (Å²) in [5.41, 5.74) is 0. The lowest BCUT2D eigenvalue weighted by Gasteiger charge is -2.40. The van der Waals surface area contributed by atoms with E-state index in [0.717, 1.165) is 39.1 Å². The average molecular weight is 239 g/mol. The zero-order valence-electron chi connectivity index (χ0n) is 11.3. The third kappa shape index (κ3) is 2.99. The second-order valence-corrected chi connectivity index (χ2v) is 5.81. The molecule has 0 bridgehead atoms. The van der Waals surface area contributed by atoms with Crippen LogP contribution in [-0.2, 0) is 4.79 Å². The molecule has 0 saturated carbocycles. The topological polar surface area (TPSA) is 35.6 Å². The van der Waals surface area contributed by atoms with Crippen molar-refractivity contribution in [1.82, 2.24) is 15.1 Å². The van der Waals surface area contributed by atoms with Crippen molar-refractivity contribution >= 4 is 5.91 Å². The first-order chi connectivity index (χ1) is 8.08. The fourth-order valence-electron chi connectivity index (χ4n) is 2.85. The lowest BCUT2D eigenvalue weighted by atomic mass is 9.90. The summed E-state index contributed by atoms with van der Waals surface area (Å²) >= 11 is 0. The van der Waals surface area contributed by atoms with E-state index in [-0.39, 0.29) is 5.92 Å². The minimum absolute atomic E-state index is 0.203. The molecule has 4 nitrogen and oxygen atoms in total. The molecule has 3 unspecified atom stereocenters. The molecule has 17 heavy (non-hydrogen) atoms. The fraction of sp³-hybridized carbons (Fsp3) is 0.923. The largest absolute Gasteiger partial charge is 0.340 e. The van der Waals surface area contributed by atoms with E-state index in [4.69, 9.17) is 0 Å². The van der Waals surface area contributed by atoms with Crippen molar-refractivity contribution in [2.45, 2.75) is 26.3 Å². The monoisotopic (exact) mass is 239 g/mol. The first-order valence-electron chi connectivity index (χ1n) is 6.77. The second kappa shape index (κ2) is 5.36. The number of piperidine rings is 1. The molecule has 0 radical (unpaired) electrons. The molecule has 1 N–H and O–H groups in total. The predicted octanol–water partition coefficient (Wildman–Crippen LogP) is 0.395. The van der Waals surface area contributed by atoms with Crippen LogP contribution in [0.1, 0.15) is 20.3 Å². The molecule has 98 valence electrons. The quantitative estimate of drug-likeness (QED) is 0.719. The highest BCUT2D eigenvalue weighted by Gasteiger charge is 2.31. The Morgan fingerprint density at radius 1 is 1.24 bits per heavy atom. The van der Waals surface area contributed by atoms with Crippen molar-refractivity contribution in [3.63, 3.8) is 0 Å². The van der Waals surface area contributed by atoms with Crippen LogP contribution in [0.25, 0.3) is 0 Å². The van der Waals surface area contributed by atoms with Gasteiger partial charge >= 0.3 is 0 Å². The van der Waals surface area contributed by atoms with Gasteiger partial charge in [-0.05, 0) is 32.9 Å². The van der Waals surface area contributed by atoms with Gasteiger partial charge in [-0.3, -0.25) is 4.79 Å². The lowest BCUT2D eigenvalue weighted by Crippen LogP contribution is -2.55. The van der Waals surface area contributed by atoms with E-state index in [0.29, 0.717) is 17.9 Å². The summed E-state index contributed by atoms with van der Waals surface area (Å²) in [6, 6.07) is 0.488. The highest BCUT2D eigenvalue weighted by molar-refractivity contribution is 5.79. The maximum absolute atomic E-state index is 12.4. The van der Waals surface area contributed by atoms with E-state index in [2.05, 4.69) is 36.0 Å². The molecule has 4 heteroatoms. The molecule has 2 aliphatic heterocycles. The summed E-state index contributed by atoms with van der Waals surface area (Å²) in [6.07, 6.45) is 1.05. The van der Waals surface area contributed by atoms with Crippen LogP contribution >= 0.6 is 0 Å². The summed E-state index contributed by atoms with van der Waals surface area (Å²) in [6.45, 7) is 9.13. The second-order valence-electron chi connectivity index (χ2n) is 5.81. The SMILES string of the molecule is CC1CNCC(C(=O)N2CCN(C)C(C)C2)C1. The van der Waals surface area contributed by atoms with Crippen LogP contribution in [-0.4, -0.2) is 61.5 Å². The molecule has 0 spiro atoms. The van der Waals surface area contributed by atoms with Gasteiger partial charge < -0.3 is 15.1 Å². The Bertz CT molecular complexity index is 282. The summed E-state index contributed by atoms with van der Waals surface area (Å²) in [4.78, 5) is 16.8. The summed E-state index contributed by atoms with van der Waals surface area (Å²) in [5.74, 6) is 1.20. The first-order valence-corrected chi connectivity index (χ1v) is 6.77. The summed E-state index contributed by atoms with van der Waals surface area (Å²) in [5, 5.41) is 3.37. The number of amides is 1. The summed E-state index contributed by atoms with van der Waals surface area (Å²) < 4.78 is 0. The van der Waals surface area contributed by atoms with Gasteiger partial charge in [0.15, 0.2) is 0 Å². The smallest absolute Gasteiger partial charge is 0.227 e. The minimum atomic E-state index is 0.203. The van der Waals surface area contributed by atoms with Crippen LogP contribution in [0.3, 0.4) is 0 Å². The molecule has 2 fully saturated rings. The Morgan fingerprint density at radius 2 is 2.00 bits per heavy atom. The fourth-order valence-corrected chi connectivity index (χ4v) is 2.85. The number of likely N-dealkylation sites (N-methyl/N-ethyl adjacent to an activating group) is 1. The number of carbonyl (C=O) groups is 1. The molecule has 2 rings (SSSR count). The van der Waals surface area contributed by atoms with E-state index in [9.17, 15) is 4.79 Å². The minimum Gasteiger partial charge on any atom is -0.340 e. The Kier molecular flexibility index (Phi) is 4.05. The van der Waals surface area contributed by atoms with E-state index < -0.39 is 0 Å². The van der Waals surface area contributed by atoms with Gasteiger partial charge in [0.25, 0.3) is 0 Å². The average Bonchev–Trinajstić information content (AvgIpc) is 2.32. The van der Waals surface area contributed by atoms with Crippen molar-refractivity contribution in [3.05, 3.63) is 0 Å². The van der Waals surface area contributed by atoms with Gasteiger partial charge in [0, 0.05) is 32.2 Å². The van der Waals surface area contributed by atoms with E-state index >= 15 is 0 Å². The van der Waals surface area contributed by atoms with Crippen LogP contribution in [0.5, 0.6) is 0 Å². The van der Waals surface area contributed by atoms with Gasteiger partial charge in [-0.15, -0.1) is 0 Å². The Labute approximate surface area is 104 Å². The third-order valence-electron chi connectivity index (χ3n) is 4.19. The maximum Gasteiger partial charge on any atom is 0.227 e. The number of nitrogens with one attached hydrogen (secondary N) is 1. The molecule has 0 aliphatic carbocycles. The van der Waals surface area contributed by atoms with Crippen LogP contribution < -0.4 is 5.32 Å². The number of carbonyl (C=O) groups excluding carboxylic acids is 1. The molecular weight excluding hydrogens is 214 g/mol. The van der Waals surface area contributed by atoms with Crippen molar-refractivity contribution in [1.29, 1.82) is 0 Å². The van der Waals surface area contributed by atoms with Gasteiger partial charge in [-0.1, -0.05) is 6.92 Å². The molecule has 2 aliphatic rings. The third-order valence-corrected chi connectivity index (χ3v) is 4.19. The maximum atomic E-state index is 12.4. The van der Waals surface area contributed by atoms with Crippen LogP contribution in [0.4, 0.5) is 0 Å². The molecule has 2 saturated heterocycles. The van der Waals surface area contributed by atoms with Gasteiger partial charge in [0.05, 0.1) is 5.92 Å².